The van der Waals surface area contributed by atoms with Gasteiger partial charge in [-0.05, 0) is 42.0 Å². The fourth-order valence-corrected chi connectivity index (χ4v) is 2.10. The van der Waals surface area contributed by atoms with E-state index < -0.39 is 11.7 Å². The van der Waals surface area contributed by atoms with Gasteiger partial charge in [0.1, 0.15) is 0 Å². The molecule has 6 heteroatoms. The number of carbonyl (C=O) groups excluding carboxylic acids is 1. The highest BCUT2D eigenvalue weighted by atomic mass is 19.4. The molecule has 2 aromatic carbocycles. The van der Waals surface area contributed by atoms with Crippen molar-refractivity contribution in [1.82, 2.24) is 0 Å². The van der Waals surface area contributed by atoms with E-state index in [2.05, 4.69) is 16.6 Å². The molecule has 2 rings (SSSR count). The molecule has 0 heterocycles. The van der Waals surface area contributed by atoms with Gasteiger partial charge in [0.15, 0.2) is 0 Å². The van der Waals surface area contributed by atoms with E-state index >= 15 is 0 Å². The van der Waals surface area contributed by atoms with E-state index in [1.807, 2.05) is 0 Å². The van der Waals surface area contributed by atoms with Gasteiger partial charge in [0.2, 0.25) is 5.91 Å². The number of hydrogen-bond acceptors (Lipinski definition) is 2. The van der Waals surface area contributed by atoms with Crippen molar-refractivity contribution in [1.29, 1.82) is 0 Å². The van der Waals surface area contributed by atoms with Gasteiger partial charge in [0.25, 0.3) is 0 Å². The third-order valence-electron chi connectivity index (χ3n) is 3.44. The first kappa shape index (κ1) is 18.4. The average Bonchev–Trinajstić information content (AvgIpc) is 2.59. The van der Waals surface area contributed by atoms with Crippen molar-refractivity contribution in [3.63, 3.8) is 0 Å². The Bertz CT molecular complexity index is 744. The third kappa shape index (κ3) is 5.88. The van der Waals surface area contributed by atoms with Crippen molar-refractivity contribution in [2.45, 2.75) is 25.6 Å². The molecule has 0 unspecified atom stereocenters. The fraction of sp³-hybridized carbons (Fsp3) is 0.211. The van der Waals surface area contributed by atoms with Crippen LogP contribution >= 0.6 is 0 Å². The van der Waals surface area contributed by atoms with Gasteiger partial charge < -0.3 is 10.6 Å². The molecule has 1 amide bonds. The van der Waals surface area contributed by atoms with Crippen LogP contribution in [0.5, 0.6) is 0 Å². The molecule has 2 aromatic rings. The maximum absolute atomic E-state index is 12.5. The van der Waals surface area contributed by atoms with Crippen LogP contribution in [0.15, 0.2) is 48.5 Å². The normalized spacial score (nSPS) is 10.8. The quantitative estimate of drug-likeness (QED) is 0.747. The van der Waals surface area contributed by atoms with Gasteiger partial charge in [-0.25, -0.2) is 0 Å². The number of amides is 1. The number of anilines is 2. The zero-order valence-electron chi connectivity index (χ0n) is 13.4. The van der Waals surface area contributed by atoms with Crippen molar-refractivity contribution >= 4 is 17.3 Å². The van der Waals surface area contributed by atoms with Crippen LogP contribution in [0.25, 0.3) is 0 Å². The van der Waals surface area contributed by atoms with Gasteiger partial charge in [-0.15, -0.1) is 12.3 Å². The average molecular weight is 346 g/mol. The van der Waals surface area contributed by atoms with Gasteiger partial charge in [-0.1, -0.05) is 12.1 Å². The number of nitrogens with one attached hydrogen (secondary N) is 2. The zero-order chi connectivity index (χ0) is 18.3. The van der Waals surface area contributed by atoms with E-state index in [0.29, 0.717) is 18.7 Å². The Labute approximate surface area is 144 Å². The molecule has 0 bridgehead atoms. The van der Waals surface area contributed by atoms with E-state index in [1.54, 1.807) is 24.3 Å². The van der Waals surface area contributed by atoms with Crippen LogP contribution < -0.4 is 10.6 Å². The molecule has 0 aliphatic heterocycles. The van der Waals surface area contributed by atoms with Gasteiger partial charge in [-0.3, -0.25) is 4.79 Å². The molecule has 130 valence electrons. The number of rotatable bonds is 6. The topological polar surface area (TPSA) is 41.1 Å². The van der Waals surface area contributed by atoms with Crippen LogP contribution in [-0.4, -0.2) is 5.91 Å². The molecule has 0 aliphatic carbocycles. The number of terminal acetylenes is 1. The lowest BCUT2D eigenvalue weighted by Crippen LogP contribution is -2.10. The minimum Gasteiger partial charge on any atom is -0.381 e. The summed E-state index contributed by atoms with van der Waals surface area (Å²) in [6, 6.07) is 12.0. The second-order valence-electron chi connectivity index (χ2n) is 5.38. The predicted molar refractivity (Wildman–Crippen MR) is 91.9 cm³/mol. The van der Waals surface area contributed by atoms with Crippen LogP contribution in [0.2, 0.25) is 0 Å². The molecule has 0 aliphatic rings. The lowest BCUT2D eigenvalue weighted by Gasteiger charge is -2.10. The molecule has 0 saturated heterocycles. The SMILES string of the molecule is C#CCCC(=O)Nc1ccc(NCc2ccc(C(F)(F)F)cc2)cc1. The molecule has 0 fully saturated rings. The van der Waals surface area contributed by atoms with Gasteiger partial charge >= 0.3 is 6.18 Å². The molecule has 0 atom stereocenters. The van der Waals surface area contributed by atoms with Crippen molar-refractivity contribution in [2.24, 2.45) is 0 Å². The number of carbonyl (C=O) groups is 1. The van der Waals surface area contributed by atoms with E-state index in [4.69, 9.17) is 6.42 Å². The lowest BCUT2D eigenvalue weighted by molar-refractivity contribution is -0.137. The third-order valence-corrected chi connectivity index (χ3v) is 3.44. The summed E-state index contributed by atoms with van der Waals surface area (Å²) >= 11 is 0. The highest BCUT2D eigenvalue weighted by molar-refractivity contribution is 5.91. The first-order valence-electron chi connectivity index (χ1n) is 7.62. The summed E-state index contributed by atoms with van der Waals surface area (Å²) in [5, 5.41) is 5.84. The molecule has 0 saturated carbocycles. The Hall–Kier alpha value is -2.94. The number of alkyl halides is 3. The Morgan fingerprint density at radius 1 is 1.00 bits per heavy atom. The van der Waals surface area contributed by atoms with Crippen LogP contribution in [0, 0.1) is 12.3 Å². The van der Waals surface area contributed by atoms with Crippen molar-refractivity contribution in [3.05, 3.63) is 59.7 Å². The number of benzene rings is 2. The molecule has 3 nitrogen and oxygen atoms in total. The highest BCUT2D eigenvalue weighted by Crippen LogP contribution is 2.29. The molecular formula is C19H17F3N2O. The van der Waals surface area contributed by atoms with E-state index in [9.17, 15) is 18.0 Å². The van der Waals surface area contributed by atoms with Crippen molar-refractivity contribution < 1.29 is 18.0 Å². The second-order valence-corrected chi connectivity index (χ2v) is 5.38. The highest BCUT2D eigenvalue weighted by Gasteiger charge is 2.29. The molecule has 25 heavy (non-hydrogen) atoms. The Morgan fingerprint density at radius 3 is 2.16 bits per heavy atom. The standard InChI is InChI=1S/C19H17F3N2O/c1-2-3-4-18(25)24-17-11-9-16(10-12-17)23-13-14-5-7-15(8-6-14)19(20,21)22/h1,5-12,23H,3-4,13H2,(H,24,25). The Morgan fingerprint density at radius 2 is 1.60 bits per heavy atom. The largest absolute Gasteiger partial charge is 0.416 e. The summed E-state index contributed by atoms with van der Waals surface area (Å²) in [6.45, 7) is 0.395. The maximum atomic E-state index is 12.5. The molecule has 0 spiro atoms. The van der Waals surface area contributed by atoms with E-state index in [-0.39, 0.29) is 12.3 Å². The van der Waals surface area contributed by atoms with Gasteiger partial charge in [0, 0.05) is 30.8 Å². The van der Waals surface area contributed by atoms with Gasteiger partial charge in [0.05, 0.1) is 5.56 Å². The smallest absolute Gasteiger partial charge is 0.381 e. The van der Waals surface area contributed by atoms with E-state index in [0.717, 1.165) is 23.4 Å². The summed E-state index contributed by atoms with van der Waals surface area (Å²) in [5.41, 5.74) is 1.52. The first-order valence-corrected chi connectivity index (χ1v) is 7.62. The first-order chi connectivity index (χ1) is 11.9. The minimum atomic E-state index is -4.33. The van der Waals surface area contributed by atoms with Crippen LogP contribution in [0.3, 0.4) is 0 Å². The van der Waals surface area contributed by atoms with Gasteiger partial charge in [-0.2, -0.15) is 13.2 Å². The Balaban J connectivity index is 1.87. The Kier molecular flexibility index (Phi) is 6.07. The van der Waals surface area contributed by atoms with E-state index in [1.165, 1.54) is 12.1 Å². The number of hydrogen-bond donors (Lipinski definition) is 2. The van der Waals surface area contributed by atoms with Crippen LogP contribution in [-0.2, 0) is 17.5 Å². The fourth-order valence-electron chi connectivity index (χ4n) is 2.10. The summed E-state index contributed by atoms with van der Waals surface area (Å²) in [6.07, 6.45) is 1.44. The predicted octanol–water partition coefficient (Wildman–Crippen LogP) is 4.67. The van der Waals surface area contributed by atoms with Crippen LogP contribution in [0.4, 0.5) is 24.5 Å². The maximum Gasteiger partial charge on any atom is 0.416 e. The van der Waals surface area contributed by atoms with Crippen molar-refractivity contribution in [3.8, 4) is 12.3 Å². The minimum absolute atomic E-state index is 0.150. The summed E-state index contributed by atoms with van der Waals surface area (Å²) in [5.74, 6) is 2.25. The monoisotopic (exact) mass is 346 g/mol. The second kappa shape index (κ2) is 8.25. The van der Waals surface area contributed by atoms with Crippen LogP contribution in [0.1, 0.15) is 24.0 Å². The zero-order valence-corrected chi connectivity index (χ0v) is 13.4. The number of halogens is 3. The molecule has 2 N–H and O–H groups in total. The molecule has 0 aromatic heterocycles. The lowest BCUT2D eigenvalue weighted by atomic mass is 10.1. The summed E-state index contributed by atoms with van der Waals surface area (Å²) in [4.78, 5) is 11.6. The summed E-state index contributed by atoms with van der Waals surface area (Å²) < 4.78 is 37.5. The molecular weight excluding hydrogens is 329 g/mol. The summed E-state index contributed by atoms with van der Waals surface area (Å²) in [7, 11) is 0. The molecule has 0 radical (unpaired) electrons. The van der Waals surface area contributed by atoms with Crippen molar-refractivity contribution in [2.75, 3.05) is 10.6 Å².